The summed E-state index contributed by atoms with van der Waals surface area (Å²) >= 11 is 0. The molecule has 0 saturated heterocycles. The summed E-state index contributed by atoms with van der Waals surface area (Å²) in [4.78, 5) is 17.6. The Kier molecular flexibility index (Phi) is 10.9. The van der Waals surface area contributed by atoms with Crippen molar-refractivity contribution in [2.45, 2.75) is 50.3 Å². The van der Waals surface area contributed by atoms with E-state index in [0.717, 1.165) is 53.9 Å². The van der Waals surface area contributed by atoms with E-state index in [0.29, 0.717) is 28.7 Å². The highest BCUT2D eigenvalue weighted by atomic mass is 32.2. The van der Waals surface area contributed by atoms with Crippen LogP contribution >= 0.6 is 0 Å². The lowest BCUT2D eigenvalue weighted by Gasteiger charge is -2.10. The molecular weight excluding hydrogens is 534 g/mol. The second-order valence-corrected chi connectivity index (χ2v) is 11.0. The van der Waals surface area contributed by atoms with Crippen molar-refractivity contribution in [2.75, 3.05) is 19.0 Å². The van der Waals surface area contributed by atoms with Crippen molar-refractivity contribution < 1.29 is 18.5 Å². The Morgan fingerprint density at radius 3 is 2.46 bits per heavy atom. The second-order valence-electron chi connectivity index (χ2n) is 9.60. The molecule has 1 N–H and O–H groups in total. The number of hydrogen-bond acceptors (Lipinski definition) is 5. The predicted octanol–water partition coefficient (Wildman–Crippen LogP) is 7.11. The average molecular weight is 572 g/mol. The first kappa shape index (κ1) is 29.8. The minimum atomic E-state index is -1.21. The van der Waals surface area contributed by atoms with Crippen LogP contribution in [0.2, 0.25) is 0 Å². The van der Waals surface area contributed by atoms with Gasteiger partial charge in [-0.05, 0) is 78.6 Å². The Labute approximate surface area is 244 Å². The molecule has 0 radical (unpaired) electrons. The first-order valence-electron chi connectivity index (χ1n) is 13.9. The number of ether oxygens (including phenoxy) is 2. The van der Waals surface area contributed by atoms with Gasteiger partial charge >= 0.3 is 0 Å². The summed E-state index contributed by atoms with van der Waals surface area (Å²) in [6.45, 7) is 5.80. The highest BCUT2D eigenvalue weighted by Gasteiger charge is 2.10. The van der Waals surface area contributed by atoms with Crippen molar-refractivity contribution in [3.8, 4) is 22.6 Å². The standard InChI is InChI=1S/C33H37N3O4S/c1-4-6-20-40-30-13-7-25(8-14-30)26-9-17-32(39-3)27(21-26)10-18-33(37)35-28-11-15-31(16-12-28)41(38)23-29-22-34-24-36(29)19-5-2/h7-18,21-22,24H,4-6,19-20,23H2,1-3H3,(H,35,37)/b18-10+/t41-/m0/s1. The molecule has 0 aliphatic carbocycles. The number of carbonyl (C=O) groups excluding carboxylic acids is 1. The quantitative estimate of drug-likeness (QED) is 0.129. The molecule has 4 rings (SSSR count). The third kappa shape index (κ3) is 8.41. The smallest absolute Gasteiger partial charge is 0.248 e. The zero-order valence-electron chi connectivity index (χ0n) is 23.8. The first-order valence-corrected chi connectivity index (χ1v) is 15.2. The number of nitrogens with one attached hydrogen (secondary N) is 1. The van der Waals surface area contributed by atoms with E-state index in [-0.39, 0.29) is 5.91 Å². The van der Waals surface area contributed by atoms with Crippen LogP contribution in [0.4, 0.5) is 5.69 Å². The summed E-state index contributed by atoms with van der Waals surface area (Å²) in [7, 11) is 0.399. The van der Waals surface area contributed by atoms with Gasteiger partial charge in [0, 0.05) is 35.0 Å². The van der Waals surface area contributed by atoms with Crippen molar-refractivity contribution in [1.29, 1.82) is 0 Å². The molecule has 1 aromatic heterocycles. The van der Waals surface area contributed by atoms with Gasteiger partial charge in [0.15, 0.2) is 0 Å². The monoisotopic (exact) mass is 571 g/mol. The number of rotatable bonds is 14. The topological polar surface area (TPSA) is 82.4 Å². The lowest BCUT2D eigenvalue weighted by atomic mass is 10.0. The summed E-state index contributed by atoms with van der Waals surface area (Å²) in [5.74, 6) is 1.64. The van der Waals surface area contributed by atoms with E-state index in [4.69, 9.17) is 9.47 Å². The molecule has 0 spiro atoms. The van der Waals surface area contributed by atoms with Gasteiger partial charge in [0.2, 0.25) is 5.91 Å². The van der Waals surface area contributed by atoms with Crippen molar-refractivity contribution in [3.05, 3.63) is 96.6 Å². The van der Waals surface area contributed by atoms with Gasteiger partial charge < -0.3 is 19.4 Å². The molecule has 1 heterocycles. The first-order chi connectivity index (χ1) is 20.0. The molecule has 214 valence electrons. The summed E-state index contributed by atoms with van der Waals surface area (Å²) < 4.78 is 26.2. The third-order valence-electron chi connectivity index (χ3n) is 6.52. The number of aryl methyl sites for hydroxylation is 1. The molecule has 3 aromatic carbocycles. The molecule has 4 aromatic rings. The summed E-state index contributed by atoms with van der Waals surface area (Å²) in [6, 6.07) is 21.0. The molecule has 0 fully saturated rings. The van der Waals surface area contributed by atoms with Crippen molar-refractivity contribution >= 4 is 28.5 Å². The Balaban J connectivity index is 1.38. The van der Waals surface area contributed by atoms with E-state index in [2.05, 4.69) is 24.1 Å². The van der Waals surface area contributed by atoms with Gasteiger partial charge in [-0.15, -0.1) is 0 Å². The number of carbonyl (C=O) groups is 1. The van der Waals surface area contributed by atoms with Crippen LogP contribution in [0.15, 0.2) is 90.2 Å². The number of nitrogens with zero attached hydrogens (tertiary/aromatic N) is 2. The number of amides is 1. The third-order valence-corrected chi connectivity index (χ3v) is 7.88. The number of anilines is 1. The van der Waals surface area contributed by atoms with Crippen LogP contribution in [0.5, 0.6) is 11.5 Å². The molecule has 7 nitrogen and oxygen atoms in total. The largest absolute Gasteiger partial charge is 0.496 e. The van der Waals surface area contributed by atoms with Crippen LogP contribution in [0.1, 0.15) is 44.4 Å². The van der Waals surface area contributed by atoms with E-state index in [1.807, 2.05) is 47.0 Å². The van der Waals surface area contributed by atoms with E-state index >= 15 is 0 Å². The van der Waals surface area contributed by atoms with Crippen LogP contribution in [0.3, 0.4) is 0 Å². The zero-order valence-corrected chi connectivity index (χ0v) is 24.7. The van der Waals surface area contributed by atoms with Crippen molar-refractivity contribution in [3.63, 3.8) is 0 Å². The van der Waals surface area contributed by atoms with Crippen LogP contribution in [-0.2, 0) is 27.9 Å². The van der Waals surface area contributed by atoms with E-state index in [1.165, 1.54) is 6.08 Å². The number of aromatic nitrogens is 2. The fourth-order valence-electron chi connectivity index (χ4n) is 4.29. The van der Waals surface area contributed by atoms with Crippen LogP contribution in [0.25, 0.3) is 17.2 Å². The van der Waals surface area contributed by atoms with Crippen LogP contribution in [0, 0.1) is 0 Å². The van der Waals surface area contributed by atoms with Crippen LogP contribution in [-0.4, -0.2) is 33.4 Å². The molecule has 0 unspecified atom stereocenters. The number of hydrogen-bond donors (Lipinski definition) is 1. The normalized spacial score (nSPS) is 11.9. The molecular formula is C33H37N3O4S. The molecule has 0 bridgehead atoms. The Bertz CT molecular complexity index is 1480. The van der Waals surface area contributed by atoms with Crippen LogP contribution < -0.4 is 14.8 Å². The van der Waals surface area contributed by atoms with E-state index in [9.17, 15) is 9.00 Å². The highest BCUT2D eigenvalue weighted by molar-refractivity contribution is 7.84. The van der Waals surface area contributed by atoms with Gasteiger partial charge in [-0.25, -0.2) is 4.98 Å². The van der Waals surface area contributed by atoms with Gasteiger partial charge in [0.1, 0.15) is 11.5 Å². The lowest BCUT2D eigenvalue weighted by Crippen LogP contribution is -2.08. The van der Waals surface area contributed by atoms with Gasteiger partial charge in [-0.3, -0.25) is 9.00 Å². The van der Waals surface area contributed by atoms with Gasteiger partial charge in [0.05, 0.1) is 42.3 Å². The second kappa shape index (κ2) is 15.0. The maximum Gasteiger partial charge on any atom is 0.248 e. The summed E-state index contributed by atoms with van der Waals surface area (Å²) in [5.41, 5.74) is 4.41. The van der Waals surface area contributed by atoms with E-state index in [1.54, 1.807) is 50.0 Å². The number of benzene rings is 3. The average Bonchev–Trinajstić information content (AvgIpc) is 3.43. The highest BCUT2D eigenvalue weighted by Crippen LogP contribution is 2.29. The molecule has 8 heteroatoms. The maximum atomic E-state index is 12.9. The Hall–Kier alpha value is -4.17. The minimum Gasteiger partial charge on any atom is -0.496 e. The predicted molar refractivity (Wildman–Crippen MR) is 166 cm³/mol. The summed E-state index contributed by atoms with van der Waals surface area (Å²) in [6.07, 6.45) is 9.87. The molecule has 41 heavy (non-hydrogen) atoms. The maximum absolute atomic E-state index is 12.9. The molecule has 1 amide bonds. The summed E-state index contributed by atoms with van der Waals surface area (Å²) in [5, 5.41) is 2.87. The zero-order chi connectivity index (χ0) is 29.0. The lowest BCUT2D eigenvalue weighted by molar-refractivity contribution is -0.111. The van der Waals surface area contributed by atoms with Crippen molar-refractivity contribution in [2.24, 2.45) is 0 Å². The SMILES string of the molecule is CCCCOc1ccc(-c2ccc(OC)c(/C=C/C(=O)Nc3ccc([S@@](=O)Cc4cncn4CCC)cc3)c2)cc1. The molecule has 0 aliphatic heterocycles. The van der Waals surface area contributed by atoms with Gasteiger partial charge in [-0.2, -0.15) is 0 Å². The van der Waals surface area contributed by atoms with Gasteiger partial charge in [0.25, 0.3) is 0 Å². The fourth-order valence-corrected chi connectivity index (χ4v) is 5.41. The minimum absolute atomic E-state index is 0.275. The fraction of sp³-hybridized carbons (Fsp3) is 0.273. The molecule has 1 atom stereocenters. The Morgan fingerprint density at radius 2 is 1.76 bits per heavy atom. The van der Waals surface area contributed by atoms with Gasteiger partial charge in [-0.1, -0.05) is 38.5 Å². The van der Waals surface area contributed by atoms with Crippen molar-refractivity contribution in [1.82, 2.24) is 9.55 Å². The number of imidazole rings is 1. The number of methoxy groups -OCH3 is 1. The Morgan fingerprint density at radius 1 is 1.00 bits per heavy atom. The molecule has 0 aliphatic rings. The molecule has 0 saturated carbocycles. The number of unbranched alkanes of at least 4 members (excludes halogenated alkanes) is 1. The van der Waals surface area contributed by atoms with E-state index < -0.39 is 10.8 Å².